The fourth-order valence-electron chi connectivity index (χ4n) is 3.77. The molecule has 0 bridgehead atoms. The maximum absolute atomic E-state index is 13.7. The first-order chi connectivity index (χ1) is 16.7. The molecule has 2 rings (SSSR count). The number of sulfone groups is 1. The Hall–Kier alpha value is -2.42. The SMILES string of the molecule is CC(C)(C)OC(=O)NCCCCC#CCOc1ccccc1S(=O)(=O)C1(C(=O)O)NCCSC1(C)C. The van der Waals surface area contributed by atoms with Crippen molar-refractivity contribution in [2.24, 2.45) is 0 Å². The van der Waals surface area contributed by atoms with Crippen LogP contribution < -0.4 is 15.4 Å². The Balaban J connectivity index is 1.98. The molecule has 3 N–H and O–H groups in total. The van der Waals surface area contributed by atoms with Gasteiger partial charge < -0.3 is 19.9 Å². The van der Waals surface area contributed by atoms with Crippen LogP contribution in [0.4, 0.5) is 4.79 Å². The predicted octanol–water partition coefficient (Wildman–Crippen LogP) is 3.43. The van der Waals surface area contributed by atoms with Gasteiger partial charge in [0, 0.05) is 25.3 Å². The van der Waals surface area contributed by atoms with Crippen molar-refractivity contribution in [2.75, 3.05) is 25.4 Å². The van der Waals surface area contributed by atoms with Crippen molar-refractivity contribution < 1.29 is 32.6 Å². The molecule has 1 aromatic carbocycles. The summed E-state index contributed by atoms with van der Waals surface area (Å²) in [7, 11) is -4.39. The molecule has 9 nitrogen and oxygen atoms in total. The van der Waals surface area contributed by atoms with Crippen LogP contribution >= 0.6 is 11.8 Å². The Bertz CT molecular complexity index is 1100. The Morgan fingerprint density at radius 1 is 1.19 bits per heavy atom. The fraction of sp³-hybridized carbons (Fsp3) is 0.600. The second kappa shape index (κ2) is 12.2. The normalized spacial score (nSPS) is 19.5. The van der Waals surface area contributed by atoms with Gasteiger partial charge in [-0.15, -0.1) is 0 Å². The van der Waals surface area contributed by atoms with Crippen molar-refractivity contribution in [3.63, 3.8) is 0 Å². The van der Waals surface area contributed by atoms with E-state index in [1.54, 1.807) is 40.7 Å². The molecule has 1 saturated heterocycles. The number of alkyl carbamates (subject to hydrolysis) is 1. The van der Waals surface area contributed by atoms with E-state index < -0.39 is 37.1 Å². The molecule has 0 radical (unpaired) electrons. The second-order valence-corrected chi connectivity index (χ2v) is 13.5. The van der Waals surface area contributed by atoms with Crippen LogP contribution in [0, 0.1) is 11.8 Å². The van der Waals surface area contributed by atoms with E-state index >= 15 is 0 Å². The number of carbonyl (C=O) groups is 2. The monoisotopic (exact) mass is 540 g/mol. The highest BCUT2D eigenvalue weighted by atomic mass is 32.2. The number of amides is 1. The molecule has 1 fully saturated rings. The van der Waals surface area contributed by atoms with E-state index in [4.69, 9.17) is 9.47 Å². The number of unbranched alkanes of at least 4 members (excludes halogenated alkanes) is 2. The standard InChI is InChI=1S/C25H36N2O7S2/c1-23(2,3)34-22(30)26-15-11-7-6-8-12-17-33-19-13-9-10-14-20(19)36(31,32)25(21(28)29)24(4,5)35-18-16-27-25/h9-10,13-14,27H,6-7,11,15-18H2,1-5H3,(H,26,30)(H,28,29). The van der Waals surface area contributed by atoms with Crippen LogP contribution in [0.2, 0.25) is 0 Å². The summed E-state index contributed by atoms with van der Waals surface area (Å²) in [5.41, 5.74) is -0.538. The summed E-state index contributed by atoms with van der Waals surface area (Å²) >= 11 is 1.30. The number of nitrogens with one attached hydrogen (secondary N) is 2. The highest BCUT2D eigenvalue weighted by Crippen LogP contribution is 2.46. The van der Waals surface area contributed by atoms with Crippen LogP contribution in [-0.4, -0.2) is 66.3 Å². The van der Waals surface area contributed by atoms with Crippen molar-refractivity contribution >= 4 is 33.7 Å². The number of carboxylic acids is 1. The lowest BCUT2D eigenvalue weighted by Crippen LogP contribution is -2.71. The molecule has 1 aromatic rings. The largest absolute Gasteiger partial charge is 0.480 e. The number of benzene rings is 1. The van der Waals surface area contributed by atoms with E-state index in [-0.39, 0.29) is 23.8 Å². The number of rotatable bonds is 9. The summed E-state index contributed by atoms with van der Waals surface area (Å²) in [6.07, 6.45) is 1.61. The zero-order valence-corrected chi connectivity index (χ0v) is 23.1. The zero-order valence-electron chi connectivity index (χ0n) is 21.5. The third kappa shape index (κ3) is 7.08. The van der Waals surface area contributed by atoms with Gasteiger partial charge in [0.25, 0.3) is 0 Å². The van der Waals surface area contributed by atoms with E-state index in [1.165, 1.54) is 30.0 Å². The number of hydrogen-bond donors (Lipinski definition) is 3. The molecular weight excluding hydrogens is 504 g/mol. The summed E-state index contributed by atoms with van der Waals surface area (Å²) in [6.45, 7) is 9.32. The van der Waals surface area contributed by atoms with Gasteiger partial charge in [-0.25, -0.2) is 18.0 Å². The molecule has 1 atom stereocenters. The van der Waals surface area contributed by atoms with Crippen LogP contribution in [-0.2, 0) is 19.4 Å². The lowest BCUT2D eigenvalue weighted by atomic mass is 10.0. The van der Waals surface area contributed by atoms with Crippen molar-refractivity contribution in [1.82, 2.24) is 10.6 Å². The molecular formula is C25H36N2O7S2. The minimum atomic E-state index is -4.39. The van der Waals surface area contributed by atoms with Crippen molar-refractivity contribution in [3.8, 4) is 17.6 Å². The number of aliphatic carboxylic acids is 1. The first-order valence-electron chi connectivity index (χ1n) is 11.8. The minimum Gasteiger partial charge on any atom is -0.480 e. The Labute approximate surface area is 218 Å². The van der Waals surface area contributed by atoms with E-state index in [1.807, 2.05) is 0 Å². The third-order valence-corrected chi connectivity index (χ3v) is 9.57. The van der Waals surface area contributed by atoms with Gasteiger partial charge in [0.15, 0.2) is 0 Å². The molecule has 0 spiro atoms. The van der Waals surface area contributed by atoms with E-state index in [2.05, 4.69) is 22.5 Å². The van der Waals surface area contributed by atoms with Gasteiger partial charge in [-0.05, 0) is 59.6 Å². The van der Waals surface area contributed by atoms with Crippen molar-refractivity contribution in [2.45, 2.75) is 74.0 Å². The fourth-order valence-corrected chi connectivity index (χ4v) is 7.50. The van der Waals surface area contributed by atoms with Gasteiger partial charge in [0.1, 0.15) is 22.9 Å². The van der Waals surface area contributed by atoms with E-state index in [0.29, 0.717) is 18.7 Å². The van der Waals surface area contributed by atoms with E-state index in [9.17, 15) is 23.1 Å². The average Bonchev–Trinajstić information content (AvgIpc) is 2.76. The van der Waals surface area contributed by atoms with Gasteiger partial charge in [0.05, 0.1) is 4.75 Å². The van der Waals surface area contributed by atoms with Crippen LogP contribution in [0.3, 0.4) is 0 Å². The number of ether oxygens (including phenoxy) is 2. The molecule has 0 saturated carbocycles. The number of hydrogen-bond acceptors (Lipinski definition) is 8. The number of thioether (sulfide) groups is 1. The molecule has 1 unspecified atom stereocenters. The molecule has 0 aromatic heterocycles. The number of carboxylic acid groups (broad SMARTS) is 1. The second-order valence-electron chi connectivity index (χ2n) is 9.75. The molecule has 1 amide bonds. The van der Waals surface area contributed by atoms with Gasteiger partial charge in [-0.1, -0.05) is 24.0 Å². The van der Waals surface area contributed by atoms with Crippen molar-refractivity contribution in [3.05, 3.63) is 24.3 Å². The smallest absolute Gasteiger partial charge is 0.407 e. The van der Waals surface area contributed by atoms with Gasteiger partial charge in [-0.3, -0.25) is 5.32 Å². The quantitative estimate of drug-likeness (QED) is 0.318. The predicted molar refractivity (Wildman–Crippen MR) is 140 cm³/mol. The Morgan fingerprint density at radius 3 is 2.53 bits per heavy atom. The molecule has 11 heteroatoms. The Kier molecular flexibility index (Phi) is 10.1. The van der Waals surface area contributed by atoms with Crippen LogP contribution in [0.1, 0.15) is 53.9 Å². The van der Waals surface area contributed by atoms with Crippen LogP contribution in [0.15, 0.2) is 29.2 Å². The number of para-hydroxylation sites is 1. The van der Waals surface area contributed by atoms with E-state index in [0.717, 1.165) is 12.8 Å². The molecule has 200 valence electrons. The first kappa shape index (κ1) is 29.8. The molecule has 1 aliphatic heterocycles. The maximum atomic E-state index is 13.7. The highest BCUT2D eigenvalue weighted by molar-refractivity contribution is 8.02. The maximum Gasteiger partial charge on any atom is 0.407 e. The lowest BCUT2D eigenvalue weighted by Gasteiger charge is -2.45. The molecule has 0 aliphatic carbocycles. The van der Waals surface area contributed by atoms with Crippen LogP contribution in [0.5, 0.6) is 5.75 Å². The van der Waals surface area contributed by atoms with Gasteiger partial charge in [-0.2, -0.15) is 11.8 Å². The summed E-state index contributed by atoms with van der Waals surface area (Å²) in [5, 5.41) is 15.5. The summed E-state index contributed by atoms with van der Waals surface area (Å²) in [6, 6.07) is 6.02. The third-order valence-electron chi connectivity index (χ3n) is 5.45. The lowest BCUT2D eigenvalue weighted by molar-refractivity contribution is -0.142. The Morgan fingerprint density at radius 2 is 1.89 bits per heavy atom. The van der Waals surface area contributed by atoms with Crippen molar-refractivity contribution in [1.29, 1.82) is 0 Å². The first-order valence-corrected chi connectivity index (χ1v) is 14.2. The van der Waals surface area contributed by atoms with Gasteiger partial charge >= 0.3 is 12.1 Å². The highest BCUT2D eigenvalue weighted by Gasteiger charge is 2.63. The minimum absolute atomic E-state index is 0.0473. The topological polar surface area (TPSA) is 131 Å². The summed E-state index contributed by atoms with van der Waals surface area (Å²) < 4.78 is 37.2. The molecule has 1 heterocycles. The van der Waals surface area contributed by atoms with Gasteiger partial charge in [0.2, 0.25) is 14.7 Å². The zero-order chi connectivity index (χ0) is 27.0. The number of carbonyl (C=O) groups excluding carboxylic acids is 1. The average molecular weight is 541 g/mol. The summed E-state index contributed by atoms with van der Waals surface area (Å²) in [5.74, 6) is 5.03. The van der Waals surface area contributed by atoms with Crippen LogP contribution in [0.25, 0.3) is 0 Å². The summed E-state index contributed by atoms with van der Waals surface area (Å²) in [4.78, 5) is 21.6. The molecule has 1 aliphatic rings. The molecule has 36 heavy (non-hydrogen) atoms.